The topological polar surface area (TPSA) is 105 Å². The van der Waals surface area contributed by atoms with Crippen LogP contribution in [0.15, 0.2) is 60.9 Å². The van der Waals surface area contributed by atoms with Gasteiger partial charge in [-0.25, -0.2) is 14.4 Å². The molecule has 2 heterocycles. The van der Waals surface area contributed by atoms with E-state index >= 15 is 0 Å². The number of aliphatic hydroxyl groups is 1. The number of carbonyl (C=O) groups is 1. The lowest BCUT2D eigenvalue weighted by molar-refractivity contribution is -0.137. The Bertz CT molecular complexity index is 1440. The number of aliphatic hydroxyl groups excluding tert-OH is 1. The van der Waals surface area contributed by atoms with Gasteiger partial charge < -0.3 is 15.7 Å². The first kappa shape index (κ1) is 26.9. The summed E-state index contributed by atoms with van der Waals surface area (Å²) in [6, 6.07) is 11.3. The first-order valence-electron chi connectivity index (χ1n) is 11.5. The Morgan fingerprint density at radius 1 is 1.16 bits per heavy atom. The van der Waals surface area contributed by atoms with E-state index in [0.29, 0.717) is 29.7 Å². The smallest absolute Gasteiger partial charge is 0.392 e. The average molecular weight is 529 g/mol. The molecule has 0 saturated heterocycles. The third-order valence-electron chi connectivity index (χ3n) is 5.50. The molecule has 0 spiro atoms. The number of rotatable bonds is 8. The summed E-state index contributed by atoms with van der Waals surface area (Å²) < 4.78 is 57.2. The van der Waals surface area contributed by atoms with E-state index in [-0.39, 0.29) is 17.9 Å². The summed E-state index contributed by atoms with van der Waals surface area (Å²) in [5.74, 6) is -1.94. The highest BCUT2D eigenvalue weighted by molar-refractivity contribution is 6.06. The second kappa shape index (κ2) is 11.1. The molecule has 0 radical (unpaired) electrons. The van der Waals surface area contributed by atoms with Crippen LogP contribution >= 0.6 is 0 Å². The van der Waals surface area contributed by atoms with E-state index in [4.69, 9.17) is 0 Å². The quantitative estimate of drug-likeness (QED) is 0.293. The normalized spacial score (nSPS) is 12.4. The third kappa shape index (κ3) is 6.21. The molecule has 0 fully saturated rings. The number of aryl methyl sites for hydroxylation is 1. The van der Waals surface area contributed by atoms with Crippen molar-refractivity contribution in [2.45, 2.75) is 25.7 Å². The lowest BCUT2D eigenvalue weighted by atomic mass is 9.99. The van der Waals surface area contributed by atoms with Crippen LogP contribution in [0.5, 0.6) is 0 Å². The summed E-state index contributed by atoms with van der Waals surface area (Å²) in [5.41, 5.74) is -1.23. The van der Waals surface area contributed by atoms with Crippen molar-refractivity contribution in [2.24, 2.45) is 7.05 Å². The van der Waals surface area contributed by atoms with Crippen molar-refractivity contribution in [3.05, 3.63) is 83.7 Å². The molecule has 8 nitrogen and oxygen atoms in total. The van der Waals surface area contributed by atoms with Crippen LogP contribution < -0.4 is 10.6 Å². The van der Waals surface area contributed by atoms with Crippen LogP contribution in [0, 0.1) is 5.82 Å². The maximum absolute atomic E-state index is 14.9. The first-order chi connectivity index (χ1) is 18.0. The molecule has 0 aliphatic heterocycles. The van der Waals surface area contributed by atoms with Crippen molar-refractivity contribution in [3.63, 3.8) is 0 Å². The number of nitrogens with one attached hydrogen (secondary N) is 2. The molecule has 4 rings (SSSR count). The highest BCUT2D eigenvalue weighted by Crippen LogP contribution is 2.38. The standard InChI is InChI=1S/C26H24F4N6O2/c1-15(37)12-31-14-23-32-13-22(24(34-23)16-6-4-3-5-7-16)33-25(38)18-10-17(21-8-9-36(2)35-21)19(11-20(18)27)26(28,29)30/h3-11,13,15,31,37H,12,14H2,1-2H3,(H,33,38). The lowest BCUT2D eigenvalue weighted by Gasteiger charge is -2.16. The van der Waals surface area contributed by atoms with Gasteiger partial charge in [-0.3, -0.25) is 9.48 Å². The summed E-state index contributed by atoms with van der Waals surface area (Å²) in [5, 5.41) is 19.0. The zero-order valence-electron chi connectivity index (χ0n) is 20.4. The molecular weight excluding hydrogens is 504 g/mol. The van der Waals surface area contributed by atoms with Crippen molar-refractivity contribution in [1.29, 1.82) is 0 Å². The average Bonchev–Trinajstić information content (AvgIpc) is 3.30. The number of alkyl halides is 3. The van der Waals surface area contributed by atoms with Gasteiger partial charge in [0, 0.05) is 30.9 Å². The summed E-state index contributed by atoms with van der Waals surface area (Å²) in [6.07, 6.45) is -2.65. The molecule has 1 unspecified atom stereocenters. The Kier molecular flexibility index (Phi) is 7.83. The number of anilines is 1. The second-order valence-electron chi connectivity index (χ2n) is 8.60. The van der Waals surface area contributed by atoms with Gasteiger partial charge >= 0.3 is 6.18 Å². The lowest BCUT2D eigenvalue weighted by Crippen LogP contribution is -2.25. The van der Waals surface area contributed by atoms with E-state index in [0.717, 1.165) is 6.07 Å². The molecule has 2 aromatic heterocycles. The molecule has 2 aromatic carbocycles. The molecule has 4 aromatic rings. The number of aromatic nitrogens is 4. The van der Waals surface area contributed by atoms with Crippen LogP contribution in [-0.2, 0) is 19.8 Å². The number of carbonyl (C=O) groups excluding carboxylic acids is 1. The van der Waals surface area contributed by atoms with Crippen molar-refractivity contribution >= 4 is 11.6 Å². The van der Waals surface area contributed by atoms with E-state index in [9.17, 15) is 27.5 Å². The predicted molar refractivity (Wildman–Crippen MR) is 132 cm³/mol. The maximum atomic E-state index is 14.9. The van der Waals surface area contributed by atoms with E-state index in [1.165, 1.54) is 30.2 Å². The second-order valence-corrected chi connectivity index (χ2v) is 8.60. The number of hydrogen-bond acceptors (Lipinski definition) is 6. The van der Waals surface area contributed by atoms with Gasteiger partial charge in [0.15, 0.2) is 0 Å². The molecule has 12 heteroatoms. The van der Waals surface area contributed by atoms with Gasteiger partial charge in [-0.05, 0) is 25.1 Å². The SMILES string of the molecule is CC(O)CNCc1ncc(NC(=O)c2cc(-c3ccn(C)n3)c(C(F)(F)F)cc2F)c(-c2ccccc2)n1. The molecular formula is C26H24F4N6O2. The number of hydrogen-bond donors (Lipinski definition) is 3. The number of amides is 1. The number of nitrogens with zero attached hydrogens (tertiary/aromatic N) is 4. The Hall–Kier alpha value is -4.16. The van der Waals surface area contributed by atoms with Gasteiger partial charge in [0.1, 0.15) is 11.6 Å². The third-order valence-corrected chi connectivity index (χ3v) is 5.50. The highest BCUT2D eigenvalue weighted by atomic mass is 19.4. The zero-order valence-corrected chi connectivity index (χ0v) is 20.4. The molecule has 1 amide bonds. The van der Waals surface area contributed by atoms with Crippen molar-refractivity contribution < 1.29 is 27.5 Å². The Morgan fingerprint density at radius 3 is 2.53 bits per heavy atom. The zero-order chi connectivity index (χ0) is 27.4. The Balaban J connectivity index is 1.71. The summed E-state index contributed by atoms with van der Waals surface area (Å²) >= 11 is 0. The molecule has 0 aliphatic carbocycles. The maximum Gasteiger partial charge on any atom is 0.417 e. The van der Waals surface area contributed by atoms with Gasteiger partial charge in [-0.1, -0.05) is 30.3 Å². The number of halogens is 4. The molecule has 0 aliphatic rings. The molecule has 1 atom stereocenters. The van der Waals surface area contributed by atoms with Gasteiger partial charge in [0.2, 0.25) is 0 Å². The van der Waals surface area contributed by atoms with Crippen LogP contribution in [0.1, 0.15) is 28.7 Å². The first-order valence-corrected chi connectivity index (χ1v) is 11.5. The Morgan fingerprint density at radius 2 is 1.89 bits per heavy atom. The van der Waals surface area contributed by atoms with Crippen LogP contribution in [0.2, 0.25) is 0 Å². The van der Waals surface area contributed by atoms with E-state index in [1.54, 1.807) is 37.3 Å². The van der Waals surface area contributed by atoms with E-state index < -0.39 is 40.7 Å². The van der Waals surface area contributed by atoms with Crippen molar-refractivity contribution in [2.75, 3.05) is 11.9 Å². The monoisotopic (exact) mass is 528 g/mol. The molecule has 3 N–H and O–H groups in total. The molecule has 0 saturated carbocycles. The number of benzene rings is 2. The summed E-state index contributed by atoms with van der Waals surface area (Å²) in [4.78, 5) is 21.9. The van der Waals surface area contributed by atoms with Crippen LogP contribution in [-0.4, -0.2) is 43.4 Å². The fraction of sp³-hybridized carbons (Fsp3) is 0.231. The molecule has 0 bridgehead atoms. The largest absolute Gasteiger partial charge is 0.417 e. The van der Waals surface area contributed by atoms with Gasteiger partial charge in [-0.2, -0.15) is 18.3 Å². The van der Waals surface area contributed by atoms with Crippen molar-refractivity contribution in [1.82, 2.24) is 25.1 Å². The summed E-state index contributed by atoms with van der Waals surface area (Å²) in [6.45, 7) is 2.18. The van der Waals surface area contributed by atoms with Gasteiger partial charge in [-0.15, -0.1) is 0 Å². The highest BCUT2D eigenvalue weighted by Gasteiger charge is 2.36. The molecule has 38 heavy (non-hydrogen) atoms. The minimum absolute atomic E-state index is 0.0590. The summed E-state index contributed by atoms with van der Waals surface area (Å²) in [7, 11) is 1.53. The van der Waals surface area contributed by atoms with Crippen LogP contribution in [0.4, 0.5) is 23.2 Å². The minimum atomic E-state index is -4.87. The van der Waals surface area contributed by atoms with Gasteiger partial charge in [0.05, 0.1) is 47.0 Å². The fourth-order valence-corrected chi connectivity index (χ4v) is 3.75. The van der Waals surface area contributed by atoms with Crippen LogP contribution in [0.3, 0.4) is 0 Å². The van der Waals surface area contributed by atoms with Gasteiger partial charge in [0.25, 0.3) is 5.91 Å². The Labute approximate surface area is 215 Å². The molecule has 198 valence electrons. The fourth-order valence-electron chi connectivity index (χ4n) is 3.75. The minimum Gasteiger partial charge on any atom is -0.392 e. The van der Waals surface area contributed by atoms with E-state index in [1.807, 2.05) is 0 Å². The predicted octanol–water partition coefficient (Wildman–Crippen LogP) is 4.42. The van der Waals surface area contributed by atoms with Crippen molar-refractivity contribution in [3.8, 4) is 22.5 Å². The van der Waals surface area contributed by atoms with Crippen LogP contribution in [0.25, 0.3) is 22.5 Å². The van der Waals surface area contributed by atoms with E-state index in [2.05, 4.69) is 25.7 Å².